The van der Waals surface area contributed by atoms with Crippen molar-refractivity contribution in [2.24, 2.45) is 12.8 Å². The number of amides is 2. The Labute approximate surface area is 143 Å². The molecular formula is C14H18ClN5O2S. The SMILES string of the molecule is Cl.Cn1ccnc1C1CNCCN1C(=O)c1ccc(C(N)=O)s1. The molecule has 23 heavy (non-hydrogen) atoms. The Bertz CT molecular complexity index is 714. The lowest BCUT2D eigenvalue weighted by molar-refractivity contribution is 0.0626. The van der Waals surface area contributed by atoms with E-state index in [1.807, 2.05) is 17.8 Å². The number of rotatable bonds is 3. The number of halogens is 1. The normalized spacial score (nSPS) is 17.6. The molecule has 3 rings (SSSR count). The maximum Gasteiger partial charge on any atom is 0.264 e. The van der Waals surface area contributed by atoms with E-state index in [9.17, 15) is 9.59 Å². The minimum Gasteiger partial charge on any atom is -0.365 e. The van der Waals surface area contributed by atoms with Gasteiger partial charge in [0.05, 0.1) is 9.75 Å². The molecule has 1 atom stereocenters. The van der Waals surface area contributed by atoms with Crippen molar-refractivity contribution in [3.05, 3.63) is 40.1 Å². The van der Waals surface area contributed by atoms with Crippen LogP contribution in [0.4, 0.5) is 0 Å². The summed E-state index contributed by atoms with van der Waals surface area (Å²) in [5.41, 5.74) is 5.25. The van der Waals surface area contributed by atoms with Gasteiger partial charge in [-0.3, -0.25) is 9.59 Å². The fourth-order valence-electron chi connectivity index (χ4n) is 2.60. The van der Waals surface area contributed by atoms with Crippen molar-refractivity contribution in [1.82, 2.24) is 19.8 Å². The highest BCUT2D eigenvalue weighted by Gasteiger charge is 2.31. The van der Waals surface area contributed by atoms with E-state index in [1.165, 1.54) is 0 Å². The number of carbonyl (C=O) groups is 2. The van der Waals surface area contributed by atoms with Gasteiger partial charge in [-0.05, 0) is 12.1 Å². The van der Waals surface area contributed by atoms with Crippen molar-refractivity contribution >= 4 is 35.6 Å². The van der Waals surface area contributed by atoms with Crippen LogP contribution in [-0.2, 0) is 7.05 Å². The number of primary amides is 1. The molecule has 0 bridgehead atoms. The molecular weight excluding hydrogens is 338 g/mol. The summed E-state index contributed by atoms with van der Waals surface area (Å²) in [6.45, 7) is 1.99. The monoisotopic (exact) mass is 355 g/mol. The number of thiophene rings is 1. The predicted octanol–water partition coefficient (Wildman–Crippen LogP) is 0.789. The van der Waals surface area contributed by atoms with E-state index in [0.717, 1.165) is 23.7 Å². The molecule has 0 saturated carbocycles. The van der Waals surface area contributed by atoms with Gasteiger partial charge in [0, 0.05) is 39.1 Å². The van der Waals surface area contributed by atoms with Crippen LogP contribution in [-0.4, -0.2) is 45.9 Å². The van der Waals surface area contributed by atoms with Gasteiger partial charge in [-0.15, -0.1) is 23.7 Å². The van der Waals surface area contributed by atoms with Gasteiger partial charge in [0.1, 0.15) is 11.9 Å². The van der Waals surface area contributed by atoms with Gasteiger partial charge in [-0.2, -0.15) is 0 Å². The second kappa shape index (κ2) is 7.12. The third-order valence-corrected chi connectivity index (χ3v) is 4.81. The zero-order chi connectivity index (χ0) is 15.7. The highest BCUT2D eigenvalue weighted by molar-refractivity contribution is 7.15. The third-order valence-electron chi connectivity index (χ3n) is 3.72. The highest BCUT2D eigenvalue weighted by Crippen LogP contribution is 2.25. The molecule has 0 aromatic carbocycles. The summed E-state index contributed by atoms with van der Waals surface area (Å²) in [6.07, 6.45) is 3.59. The van der Waals surface area contributed by atoms with E-state index in [1.54, 1.807) is 23.2 Å². The maximum atomic E-state index is 12.8. The Morgan fingerprint density at radius 3 is 2.74 bits per heavy atom. The third kappa shape index (κ3) is 3.39. The number of nitrogens with two attached hydrogens (primary N) is 1. The van der Waals surface area contributed by atoms with Crippen LogP contribution in [0.15, 0.2) is 24.5 Å². The minimum absolute atomic E-state index is 0. The van der Waals surface area contributed by atoms with Gasteiger partial charge >= 0.3 is 0 Å². The van der Waals surface area contributed by atoms with E-state index in [-0.39, 0.29) is 24.4 Å². The highest BCUT2D eigenvalue weighted by atomic mass is 35.5. The summed E-state index contributed by atoms with van der Waals surface area (Å²) < 4.78 is 1.92. The lowest BCUT2D eigenvalue weighted by atomic mass is 10.1. The van der Waals surface area contributed by atoms with Gasteiger partial charge in [0.15, 0.2) is 0 Å². The van der Waals surface area contributed by atoms with Crippen molar-refractivity contribution in [3.63, 3.8) is 0 Å². The van der Waals surface area contributed by atoms with Gasteiger partial charge < -0.3 is 20.5 Å². The Balaban J connectivity index is 0.00000192. The average molecular weight is 356 g/mol. The molecule has 2 aromatic heterocycles. The van der Waals surface area contributed by atoms with E-state index < -0.39 is 5.91 Å². The van der Waals surface area contributed by atoms with E-state index in [4.69, 9.17) is 5.73 Å². The number of hydrogen-bond acceptors (Lipinski definition) is 5. The summed E-state index contributed by atoms with van der Waals surface area (Å²) in [4.78, 5) is 31.0. The molecule has 1 fully saturated rings. The van der Waals surface area contributed by atoms with Gasteiger partial charge in [0.25, 0.3) is 11.8 Å². The molecule has 2 amide bonds. The van der Waals surface area contributed by atoms with Crippen LogP contribution in [0.3, 0.4) is 0 Å². The number of hydrogen-bond donors (Lipinski definition) is 2. The maximum absolute atomic E-state index is 12.8. The Morgan fingerprint density at radius 2 is 2.13 bits per heavy atom. The standard InChI is InChI=1S/C14H17N5O2S.ClH/c1-18-6-5-17-13(18)9-8-16-4-7-19(9)14(21)11-3-2-10(22-11)12(15)20;/h2-3,5-6,9,16H,4,7-8H2,1H3,(H2,15,20);1H. The Kier molecular flexibility index (Phi) is 5.40. The van der Waals surface area contributed by atoms with Gasteiger partial charge in [-0.25, -0.2) is 4.98 Å². The zero-order valence-electron chi connectivity index (χ0n) is 12.6. The summed E-state index contributed by atoms with van der Waals surface area (Å²) in [7, 11) is 1.91. The van der Waals surface area contributed by atoms with Crippen LogP contribution in [0.2, 0.25) is 0 Å². The first-order valence-electron chi connectivity index (χ1n) is 6.96. The number of nitrogens with one attached hydrogen (secondary N) is 1. The second-order valence-electron chi connectivity index (χ2n) is 5.14. The first-order valence-corrected chi connectivity index (χ1v) is 7.78. The molecule has 1 aliphatic rings. The second-order valence-corrected chi connectivity index (χ2v) is 6.23. The molecule has 124 valence electrons. The molecule has 0 aliphatic carbocycles. The number of aromatic nitrogens is 2. The lowest BCUT2D eigenvalue weighted by Crippen LogP contribution is -2.49. The smallest absolute Gasteiger partial charge is 0.264 e. The van der Waals surface area contributed by atoms with Crippen molar-refractivity contribution in [2.45, 2.75) is 6.04 Å². The number of aryl methyl sites for hydroxylation is 1. The quantitative estimate of drug-likeness (QED) is 0.851. The summed E-state index contributed by atoms with van der Waals surface area (Å²) >= 11 is 1.13. The van der Waals surface area contributed by atoms with Crippen LogP contribution in [0, 0.1) is 0 Å². The zero-order valence-corrected chi connectivity index (χ0v) is 14.2. The first kappa shape index (κ1) is 17.5. The summed E-state index contributed by atoms with van der Waals surface area (Å²) in [5, 5.41) is 3.29. The van der Waals surface area contributed by atoms with E-state index in [2.05, 4.69) is 10.3 Å². The topological polar surface area (TPSA) is 93.2 Å². The van der Waals surface area contributed by atoms with Crippen molar-refractivity contribution < 1.29 is 9.59 Å². The molecule has 0 radical (unpaired) electrons. The molecule has 2 aromatic rings. The summed E-state index contributed by atoms with van der Waals surface area (Å²) in [5.74, 6) is 0.240. The fourth-order valence-corrected chi connectivity index (χ4v) is 3.42. The number of imidazole rings is 1. The molecule has 7 nitrogen and oxygen atoms in total. The van der Waals surface area contributed by atoms with Crippen LogP contribution in [0.5, 0.6) is 0 Å². The van der Waals surface area contributed by atoms with E-state index in [0.29, 0.717) is 22.8 Å². The van der Waals surface area contributed by atoms with Crippen LogP contribution in [0.1, 0.15) is 31.2 Å². The van der Waals surface area contributed by atoms with Crippen molar-refractivity contribution in [1.29, 1.82) is 0 Å². The lowest BCUT2D eigenvalue weighted by Gasteiger charge is -2.35. The largest absolute Gasteiger partial charge is 0.365 e. The van der Waals surface area contributed by atoms with Crippen molar-refractivity contribution in [3.8, 4) is 0 Å². The van der Waals surface area contributed by atoms with Crippen LogP contribution >= 0.6 is 23.7 Å². The Hall–Kier alpha value is -1.90. The Morgan fingerprint density at radius 1 is 1.39 bits per heavy atom. The number of carbonyl (C=O) groups excluding carboxylic acids is 2. The van der Waals surface area contributed by atoms with Crippen molar-refractivity contribution in [2.75, 3.05) is 19.6 Å². The molecule has 0 spiro atoms. The average Bonchev–Trinajstić information content (AvgIpc) is 3.15. The molecule has 1 unspecified atom stereocenters. The molecule has 1 aliphatic heterocycles. The van der Waals surface area contributed by atoms with Gasteiger partial charge in [-0.1, -0.05) is 0 Å². The minimum atomic E-state index is -0.509. The van der Waals surface area contributed by atoms with Crippen LogP contribution < -0.4 is 11.1 Å². The first-order chi connectivity index (χ1) is 10.6. The van der Waals surface area contributed by atoms with Crippen LogP contribution in [0.25, 0.3) is 0 Å². The summed E-state index contributed by atoms with van der Waals surface area (Å²) in [6, 6.07) is 3.13. The molecule has 3 heterocycles. The molecule has 1 saturated heterocycles. The number of nitrogens with zero attached hydrogens (tertiary/aromatic N) is 3. The fraction of sp³-hybridized carbons (Fsp3) is 0.357. The predicted molar refractivity (Wildman–Crippen MR) is 89.9 cm³/mol. The molecule has 3 N–H and O–H groups in total. The number of piperazine rings is 1. The van der Waals surface area contributed by atoms with E-state index >= 15 is 0 Å². The molecule has 9 heteroatoms. The van der Waals surface area contributed by atoms with Gasteiger partial charge in [0.2, 0.25) is 0 Å².